The Bertz CT molecular complexity index is 1240. The van der Waals surface area contributed by atoms with Gasteiger partial charge in [0.2, 0.25) is 0 Å². The maximum Gasteiger partial charge on any atom is 0.194 e. The lowest BCUT2D eigenvalue weighted by molar-refractivity contribution is 0.446. The van der Waals surface area contributed by atoms with Crippen LogP contribution in [0.1, 0.15) is 72.9 Å². The summed E-state index contributed by atoms with van der Waals surface area (Å²) in [5, 5.41) is 0. The number of hydrogen-bond acceptors (Lipinski definition) is 0. The molecule has 3 aromatic carbocycles. The van der Waals surface area contributed by atoms with Gasteiger partial charge in [-0.1, -0.05) is 63.1 Å². The molecule has 0 radical (unpaired) electrons. The first-order valence-electron chi connectivity index (χ1n) is 11.8. The number of aryl methyl sites for hydroxylation is 2. The molecule has 0 aromatic heterocycles. The predicted molar refractivity (Wildman–Crippen MR) is 131 cm³/mol. The molecule has 0 N–H and O–H groups in total. The molecule has 0 nitrogen and oxygen atoms in total. The van der Waals surface area contributed by atoms with Crippen molar-refractivity contribution in [2.24, 2.45) is 0 Å². The van der Waals surface area contributed by atoms with Gasteiger partial charge in [-0.25, -0.2) is 22.0 Å². The quantitative estimate of drug-likeness (QED) is 0.0988. The number of hydrogen-bond donors (Lipinski definition) is 0. The molecule has 0 atom stereocenters. The van der Waals surface area contributed by atoms with E-state index in [0.29, 0.717) is 29.7 Å². The van der Waals surface area contributed by atoms with Crippen molar-refractivity contribution in [3.05, 3.63) is 105 Å². The van der Waals surface area contributed by atoms with Gasteiger partial charge in [0.05, 0.1) is 0 Å². The van der Waals surface area contributed by atoms with Crippen molar-refractivity contribution >= 4 is 11.7 Å². The molecule has 0 spiro atoms. The van der Waals surface area contributed by atoms with Crippen LogP contribution < -0.4 is 0 Å². The minimum atomic E-state index is -1.74. The Morgan fingerprint density at radius 1 is 0.714 bits per heavy atom. The van der Waals surface area contributed by atoms with Gasteiger partial charge in [0.15, 0.2) is 29.1 Å². The molecule has 0 heterocycles. The third-order valence-corrected chi connectivity index (χ3v) is 5.78. The monoisotopic (exact) mass is 482 g/mol. The lowest BCUT2D eigenvalue weighted by Gasteiger charge is -2.07. The van der Waals surface area contributed by atoms with Gasteiger partial charge >= 0.3 is 0 Å². The van der Waals surface area contributed by atoms with Crippen molar-refractivity contribution in [1.82, 2.24) is 0 Å². The number of benzene rings is 3. The van der Waals surface area contributed by atoms with E-state index in [2.05, 4.69) is 30.9 Å². The van der Waals surface area contributed by atoms with Gasteiger partial charge in [-0.2, -0.15) is 0 Å². The molecule has 5 heteroatoms. The summed E-state index contributed by atoms with van der Waals surface area (Å²) in [5.41, 5.74) is 2.69. The predicted octanol–water partition coefficient (Wildman–Crippen LogP) is 8.95. The Kier molecular flexibility index (Phi) is 9.25. The SMILES string of the molecule is CCCCCCc1ccc(C#Cc2ccc(/C(F)=C(\F)c3cc(F)c(F)c(F)c3)cc2CC)cc1. The first-order valence-corrected chi connectivity index (χ1v) is 11.8. The van der Waals surface area contributed by atoms with Crippen LogP contribution in [-0.2, 0) is 12.8 Å². The molecular formula is C30H27F5. The largest absolute Gasteiger partial charge is 0.204 e. The van der Waals surface area contributed by atoms with Crippen LogP contribution in [0.4, 0.5) is 22.0 Å². The van der Waals surface area contributed by atoms with Crippen molar-refractivity contribution in [3.63, 3.8) is 0 Å². The molecule has 0 saturated heterocycles. The topological polar surface area (TPSA) is 0 Å². The van der Waals surface area contributed by atoms with E-state index in [-0.39, 0.29) is 5.56 Å². The molecule has 35 heavy (non-hydrogen) atoms. The molecule has 0 bridgehead atoms. The highest BCUT2D eigenvalue weighted by Gasteiger charge is 2.18. The Morgan fingerprint density at radius 3 is 2.00 bits per heavy atom. The Labute approximate surface area is 203 Å². The molecule has 0 fully saturated rings. The molecule has 0 unspecified atom stereocenters. The molecule has 182 valence electrons. The van der Waals surface area contributed by atoms with Gasteiger partial charge in [0, 0.05) is 22.3 Å². The molecule has 3 aromatic rings. The zero-order valence-electron chi connectivity index (χ0n) is 19.8. The van der Waals surface area contributed by atoms with Crippen molar-refractivity contribution in [2.45, 2.75) is 52.4 Å². The maximum atomic E-state index is 14.8. The fourth-order valence-corrected chi connectivity index (χ4v) is 3.73. The van der Waals surface area contributed by atoms with Crippen molar-refractivity contribution in [1.29, 1.82) is 0 Å². The summed E-state index contributed by atoms with van der Waals surface area (Å²) in [5.74, 6) is -1.49. The van der Waals surface area contributed by atoms with E-state index >= 15 is 0 Å². The minimum absolute atomic E-state index is 0.0949. The summed E-state index contributed by atoms with van der Waals surface area (Å²) in [6, 6.07) is 13.3. The molecule has 0 aliphatic carbocycles. The van der Waals surface area contributed by atoms with E-state index in [4.69, 9.17) is 0 Å². The summed E-state index contributed by atoms with van der Waals surface area (Å²) < 4.78 is 69.3. The second-order valence-electron chi connectivity index (χ2n) is 8.36. The molecule has 3 rings (SSSR count). The Hall–Kier alpha value is -3.39. The van der Waals surface area contributed by atoms with Crippen LogP contribution in [0.25, 0.3) is 11.7 Å². The highest BCUT2D eigenvalue weighted by atomic mass is 19.2. The van der Waals surface area contributed by atoms with E-state index < -0.39 is 34.7 Å². The molecule has 0 aliphatic heterocycles. The van der Waals surface area contributed by atoms with Crippen LogP contribution in [0.15, 0.2) is 54.6 Å². The van der Waals surface area contributed by atoms with Crippen LogP contribution in [-0.4, -0.2) is 0 Å². The summed E-state index contributed by atoms with van der Waals surface area (Å²) in [7, 11) is 0. The maximum absolute atomic E-state index is 14.8. The van der Waals surface area contributed by atoms with Crippen LogP contribution in [0.2, 0.25) is 0 Å². The third-order valence-electron chi connectivity index (χ3n) is 5.78. The first kappa shape index (κ1) is 26.2. The van der Waals surface area contributed by atoms with Gasteiger partial charge in [-0.05, 0) is 66.8 Å². The van der Waals surface area contributed by atoms with Gasteiger partial charge in [-0.3, -0.25) is 0 Å². The second kappa shape index (κ2) is 12.4. The fraction of sp³-hybridized carbons (Fsp3) is 0.267. The molecule has 0 saturated carbocycles. The van der Waals surface area contributed by atoms with Gasteiger partial charge < -0.3 is 0 Å². The van der Waals surface area contributed by atoms with Crippen molar-refractivity contribution in [2.75, 3.05) is 0 Å². The van der Waals surface area contributed by atoms with Crippen LogP contribution in [0.3, 0.4) is 0 Å². The van der Waals surface area contributed by atoms with E-state index in [0.717, 1.165) is 12.0 Å². The molecule has 0 amide bonds. The smallest absolute Gasteiger partial charge is 0.194 e. The van der Waals surface area contributed by atoms with Crippen LogP contribution in [0, 0.1) is 29.3 Å². The van der Waals surface area contributed by atoms with E-state index in [1.54, 1.807) is 6.07 Å². The summed E-state index contributed by atoms with van der Waals surface area (Å²) in [4.78, 5) is 0. The van der Waals surface area contributed by atoms with Gasteiger partial charge in [0.1, 0.15) is 0 Å². The second-order valence-corrected chi connectivity index (χ2v) is 8.36. The van der Waals surface area contributed by atoms with E-state index in [9.17, 15) is 22.0 Å². The Morgan fingerprint density at radius 2 is 1.37 bits per heavy atom. The highest BCUT2D eigenvalue weighted by molar-refractivity contribution is 5.83. The van der Waals surface area contributed by atoms with E-state index in [1.807, 2.05) is 19.1 Å². The average Bonchev–Trinajstić information content (AvgIpc) is 2.88. The lowest BCUT2D eigenvalue weighted by atomic mass is 10.00. The number of rotatable bonds is 8. The molecular weight excluding hydrogens is 455 g/mol. The molecule has 0 aliphatic rings. The summed E-state index contributed by atoms with van der Waals surface area (Å²) in [6.07, 6.45) is 6.41. The normalized spacial score (nSPS) is 11.6. The standard InChI is InChI=1S/C30H27F5/c1-3-5-6-7-8-20-9-11-21(12-10-20)13-14-23-15-16-24(17-22(23)4-2)28(33)29(34)25-18-26(31)30(35)27(32)19-25/h9-12,15-19H,3-8H2,1-2H3/b29-28+. The van der Waals surface area contributed by atoms with Crippen LogP contribution >= 0.6 is 0 Å². The minimum Gasteiger partial charge on any atom is -0.204 e. The number of halogens is 5. The van der Waals surface area contributed by atoms with Gasteiger partial charge in [-0.15, -0.1) is 0 Å². The fourth-order valence-electron chi connectivity index (χ4n) is 3.73. The van der Waals surface area contributed by atoms with Crippen molar-refractivity contribution < 1.29 is 22.0 Å². The average molecular weight is 483 g/mol. The first-order chi connectivity index (χ1) is 16.8. The zero-order chi connectivity index (χ0) is 25.4. The summed E-state index contributed by atoms with van der Waals surface area (Å²) in [6.45, 7) is 4.05. The van der Waals surface area contributed by atoms with Crippen LogP contribution in [0.5, 0.6) is 0 Å². The Balaban J connectivity index is 1.80. The summed E-state index contributed by atoms with van der Waals surface area (Å²) >= 11 is 0. The third kappa shape index (κ3) is 6.82. The zero-order valence-corrected chi connectivity index (χ0v) is 19.8. The lowest BCUT2D eigenvalue weighted by Crippen LogP contribution is -1.95. The van der Waals surface area contributed by atoms with Gasteiger partial charge in [0.25, 0.3) is 0 Å². The number of unbranched alkanes of at least 4 members (excludes halogenated alkanes) is 3. The van der Waals surface area contributed by atoms with E-state index in [1.165, 1.54) is 43.4 Å². The van der Waals surface area contributed by atoms with Crippen molar-refractivity contribution in [3.8, 4) is 11.8 Å². The highest BCUT2D eigenvalue weighted by Crippen LogP contribution is 2.31.